The topological polar surface area (TPSA) is 59.0 Å². The summed E-state index contributed by atoms with van der Waals surface area (Å²) in [5.41, 5.74) is 4.48. The minimum atomic E-state index is -0.168. The van der Waals surface area contributed by atoms with Gasteiger partial charge in [-0.3, -0.25) is 4.68 Å². The summed E-state index contributed by atoms with van der Waals surface area (Å²) in [6, 6.07) is 8.13. The SMILES string of the molecule is Cc1c(CNC(=O)NCc2cccc(C(C)C)c2)cnn1C. The molecule has 0 bridgehead atoms. The molecule has 0 unspecified atom stereocenters. The highest BCUT2D eigenvalue weighted by Gasteiger charge is 2.06. The quantitative estimate of drug-likeness (QED) is 0.892. The summed E-state index contributed by atoms with van der Waals surface area (Å²) >= 11 is 0. The molecule has 0 atom stereocenters. The average molecular weight is 300 g/mol. The standard InChI is InChI=1S/C17H24N4O/c1-12(2)15-7-5-6-14(8-15)9-18-17(22)19-10-16-11-20-21(4)13(16)3/h5-8,11-12H,9-10H2,1-4H3,(H2,18,19,22). The number of rotatable bonds is 5. The molecule has 0 spiro atoms. The summed E-state index contributed by atoms with van der Waals surface area (Å²) in [7, 11) is 1.89. The highest BCUT2D eigenvalue weighted by Crippen LogP contribution is 2.15. The van der Waals surface area contributed by atoms with E-state index >= 15 is 0 Å². The number of nitrogens with zero attached hydrogens (tertiary/aromatic N) is 2. The fraction of sp³-hybridized carbons (Fsp3) is 0.412. The Morgan fingerprint density at radius 3 is 2.64 bits per heavy atom. The van der Waals surface area contributed by atoms with Gasteiger partial charge in [0.05, 0.1) is 6.20 Å². The Balaban J connectivity index is 1.83. The minimum Gasteiger partial charge on any atom is -0.334 e. The van der Waals surface area contributed by atoms with E-state index < -0.39 is 0 Å². The van der Waals surface area contributed by atoms with Gasteiger partial charge in [0.25, 0.3) is 0 Å². The van der Waals surface area contributed by atoms with Crippen LogP contribution in [-0.4, -0.2) is 15.8 Å². The molecule has 0 saturated heterocycles. The Hall–Kier alpha value is -2.30. The van der Waals surface area contributed by atoms with Crippen molar-refractivity contribution >= 4 is 6.03 Å². The van der Waals surface area contributed by atoms with Gasteiger partial charge in [0.2, 0.25) is 0 Å². The van der Waals surface area contributed by atoms with Gasteiger partial charge in [0, 0.05) is 31.4 Å². The van der Waals surface area contributed by atoms with Crippen LogP contribution in [0.3, 0.4) is 0 Å². The third-order valence-corrected chi connectivity index (χ3v) is 3.85. The van der Waals surface area contributed by atoms with Crippen LogP contribution in [0, 0.1) is 6.92 Å². The molecule has 0 fully saturated rings. The molecule has 2 rings (SSSR count). The molecule has 2 aromatic rings. The molecule has 1 aromatic heterocycles. The predicted molar refractivity (Wildman–Crippen MR) is 87.6 cm³/mol. The Kier molecular flexibility index (Phi) is 5.20. The number of hydrogen-bond donors (Lipinski definition) is 2. The largest absolute Gasteiger partial charge is 0.334 e. The predicted octanol–water partition coefficient (Wildman–Crippen LogP) is 2.85. The molecule has 0 saturated carbocycles. The Labute approximate surface area is 131 Å². The van der Waals surface area contributed by atoms with E-state index in [1.807, 2.05) is 26.1 Å². The fourth-order valence-electron chi connectivity index (χ4n) is 2.20. The van der Waals surface area contributed by atoms with Crippen LogP contribution >= 0.6 is 0 Å². The number of aromatic nitrogens is 2. The lowest BCUT2D eigenvalue weighted by Gasteiger charge is -2.10. The van der Waals surface area contributed by atoms with Crippen molar-refractivity contribution in [3.63, 3.8) is 0 Å². The van der Waals surface area contributed by atoms with Gasteiger partial charge in [-0.25, -0.2) is 4.79 Å². The minimum absolute atomic E-state index is 0.168. The van der Waals surface area contributed by atoms with E-state index in [4.69, 9.17) is 0 Å². The van der Waals surface area contributed by atoms with Crippen LogP contribution in [0.4, 0.5) is 4.79 Å². The molecule has 0 aliphatic heterocycles. The molecule has 1 heterocycles. The van der Waals surface area contributed by atoms with Crippen molar-refractivity contribution < 1.29 is 4.79 Å². The number of aryl methyl sites for hydroxylation is 1. The Bertz CT molecular complexity index is 646. The summed E-state index contributed by atoms with van der Waals surface area (Å²) in [4.78, 5) is 11.9. The van der Waals surface area contributed by atoms with Crippen LogP contribution in [-0.2, 0) is 20.1 Å². The van der Waals surface area contributed by atoms with Gasteiger partial charge < -0.3 is 10.6 Å². The smallest absolute Gasteiger partial charge is 0.315 e. The van der Waals surface area contributed by atoms with Gasteiger partial charge in [-0.2, -0.15) is 5.10 Å². The van der Waals surface area contributed by atoms with Crippen molar-refractivity contribution in [2.24, 2.45) is 7.05 Å². The number of amides is 2. The van der Waals surface area contributed by atoms with Gasteiger partial charge >= 0.3 is 6.03 Å². The molecule has 5 nitrogen and oxygen atoms in total. The second-order valence-electron chi connectivity index (χ2n) is 5.81. The maximum Gasteiger partial charge on any atom is 0.315 e. The summed E-state index contributed by atoms with van der Waals surface area (Å²) in [5, 5.41) is 9.90. The average Bonchev–Trinajstić information content (AvgIpc) is 2.83. The molecule has 118 valence electrons. The monoisotopic (exact) mass is 300 g/mol. The molecule has 22 heavy (non-hydrogen) atoms. The summed E-state index contributed by atoms with van der Waals surface area (Å²) in [6.45, 7) is 7.32. The van der Waals surface area contributed by atoms with Gasteiger partial charge in [0.15, 0.2) is 0 Å². The lowest BCUT2D eigenvalue weighted by atomic mass is 10.0. The van der Waals surface area contributed by atoms with Crippen LogP contribution in [0.25, 0.3) is 0 Å². The Morgan fingerprint density at radius 2 is 2.00 bits per heavy atom. The zero-order valence-electron chi connectivity index (χ0n) is 13.7. The maximum absolute atomic E-state index is 11.9. The van der Waals surface area contributed by atoms with Crippen LogP contribution in [0.1, 0.15) is 42.1 Å². The van der Waals surface area contributed by atoms with E-state index in [0.29, 0.717) is 19.0 Å². The van der Waals surface area contributed by atoms with Gasteiger partial charge in [-0.1, -0.05) is 38.1 Å². The van der Waals surface area contributed by atoms with E-state index in [9.17, 15) is 4.79 Å². The first-order valence-electron chi connectivity index (χ1n) is 7.55. The van der Waals surface area contributed by atoms with Crippen molar-refractivity contribution in [3.05, 3.63) is 52.8 Å². The van der Waals surface area contributed by atoms with Gasteiger partial charge in [-0.15, -0.1) is 0 Å². The molecular weight excluding hydrogens is 276 g/mol. The highest BCUT2D eigenvalue weighted by molar-refractivity contribution is 5.73. The lowest BCUT2D eigenvalue weighted by Crippen LogP contribution is -2.34. The van der Waals surface area contributed by atoms with Crippen molar-refractivity contribution in [2.45, 2.75) is 39.8 Å². The van der Waals surface area contributed by atoms with Gasteiger partial charge in [-0.05, 0) is 24.0 Å². The number of carbonyl (C=O) groups excluding carboxylic acids is 1. The molecule has 2 amide bonds. The van der Waals surface area contributed by atoms with E-state index in [2.05, 4.69) is 41.7 Å². The summed E-state index contributed by atoms with van der Waals surface area (Å²) in [6.07, 6.45) is 1.78. The first-order valence-corrected chi connectivity index (χ1v) is 7.55. The third-order valence-electron chi connectivity index (χ3n) is 3.85. The fourth-order valence-corrected chi connectivity index (χ4v) is 2.20. The lowest BCUT2D eigenvalue weighted by molar-refractivity contribution is 0.240. The molecule has 0 aliphatic rings. The second kappa shape index (κ2) is 7.11. The number of benzene rings is 1. The zero-order valence-corrected chi connectivity index (χ0v) is 13.7. The first kappa shape index (κ1) is 16.1. The van der Waals surface area contributed by atoms with E-state index in [-0.39, 0.29) is 6.03 Å². The number of urea groups is 1. The Morgan fingerprint density at radius 1 is 1.27 bits per heavy atom. The zero-order chi connectivity index (χ0) is 16.1. The molecular formula is C17H24N4O. The van der Waals surface area contributed by atoms with Crippen LogP contribution < -0.4 is 10.6 Å². The molecule has 0 aliphatic carbocycles. The maximum atomic E-state index is 11.9. The van der Waals surface area contributed by atoms with Crippen LogP contribution in [0.2, 0.25) is 0 Å². The molecule has 0 radical (unpaired) electrons. The number of nitrogens with one attached hydrogen (secondary N) is 2. The molecule has 5 heteroatoms. The van der Waals surface area contributed by atoms with Crippen molar-refractivity contribution in [3.8, 4) is 0 Å². The van der Waals surface area contributed by atoms with E-state index in [0.717, 1.165) is 16.8 Å². The summed E-state index contributed by atoms with van der Waals surface area (Å²) in [5.74, 6) is 0.488. The van der Waals surface area contributed by atoms with Crippen LogP contribution in [0.15, 0.2) is 30.5 Å². The first-order chi connectivity index (χ1) is 10.5. The normalized spacial score (nSPS) is 10.8. The number of hydrogen-bond acceptors (Lipinski definition) is 2. The molecule has 1 aromatic carbocycles. The van der Waals surface area contributed by atoms with Crippen molar-refractivity contribution in [1.29, 1.82) is 0 Å². The molecule has 2 N–H and O–H groups in total. The third kappa shape index (κ3) is 4.10. The van der Waals surface area contributed by atoms with E-state index in [1.165, 1.54) is 5.56 Å². The van der Waals surface area contributed by atoms with Crippen molar-refractivity contribution in [2.75, 3.05) is 0 Å². The highest BCUT2D eigenvalue weighted by atomic mass is 16.2. The number of carbonyl (C=O) groups is 1. The summed E-state index contributed by atoms with van der Waals surface area (Å²) < 4.78 is 1.80. The van der Waals surface area contributed by atoms with Gasteiger partial charge in [0.1, 0.15) is 0 Å². The second-order valence-corrected chi connectivity index (χ2v) is 5.81. The van der Waals surface area contributed by atoms with E-state index in [1.54, 1.807) is 10.9 Å². The van der Waals surface area contributed by atoms with Crippen LogP contribution in [0.5, 0.6) is 0 Å². The van der Waals surface area contributed by atoms with Crippen molar-refractivity contribution in [1.82, 2.24) is 20.4 Å².